The van der Waals surface area contributed by atoms with Gasteiger partial charge in [0.2, 0.25) is 5.78 Å². The molecule has 19 heavy (non-hydrogen) atoms. The fourth-order valence-electron chi connectivity index (χ4n) is 1.63. The molecule has 0 amide bonds. The third kappa shape index (κ3) is 3.41. The molecule has 0 saturated heterocycles. The first kappa shape index (κ1) is 14.2. The van der Waals surface area contributed by atoms with Gasteiger partial charge in [-0.25, -0.2) is 0 Å². The van der Waals surface area contributed by atoms with Crippen LogP contribution >= 0.6 is 34.8 Å². The molecule has 0 saturated carbocycles. The minimum atomic E-state index is -1.94. The van der Waals surface area contributed by atoms with Crippen molar-refractivity contribution >= 4 is 40.6 Å². The van der Waals surface area contributed by atoms with Gasteiger partial charge in [0, 0.05) is 5.56 Å². The number of hydrogen-bond acceptors (Lipinski definition) is 2. The van der Waals surface area contributed by atoms with E-state index in [4.69, 9.17) is 34.8 Å². The molecule has 1 N–H and O–H groups in total. The highest BCUT2D eigenvalue weighted by molar-refractivity contribution is 6.77. The molecule has 0 fully saturated rings. The Morgan fingerprint density at radius 3 is 1.68 bits per heavy atom. The van der Waals surface area contributed by atoms with E-state index in [1.165, 1.54) is 0 Å². The summed E-state index contributed by atoms with van der Waals surface area (Å²) in [5.74, 6) is -0.360. The van der Waals surface area contributed by atoms with Crippen molar-refractivity contribution in [2.24, 2.45) is 0 Å². The molecule has 0 atom stereocenters. The van der Waals surface area contributed by atoms with E-state index in [2.05, 4.69) is 0 Å². The lowest BCUT2D eigenvalue weighted by molar-refractivity contribution is 0.0996. The lowest BCUT2D eigenvalue weighted by atomic mass is 10.0. The van der Waals surface area contributed by atoms with E-state index < -0.39 is 9.58 Å². The number of carbonyl (C=O) groups is 1. The number of ketones is 1. The standard InChI is InChI=1S/C14H9Cl3O2/c15-14(16,17)13(19)11-3-1-9(2-4-11)10-5-7-12(18)8-6-10/h1-8,18H. The first-order chi connectivity index (χ1) is 8.88. The lowest BCUT2D eigenvalue weighted by Gasteiger charge is -2.10. The molecule has 0 aliphatic carbocycles. The molecule has 0 aliphatic rings. The summed E-state index contributed by atoms with van der Waals surface area (Å²) in [6, 6.07) is 13.5. The van der Waals surface area contributed by atoms with Crippen molar-refractivity contribution in [2.75, 3.05) is 0 Å². The Hall–Kier alpha value is -1.22. The van der Waals surface area contributed by atoms with E-state index in [-0.39, 0.29) is 5.75 Å². The zero-order valence-corrected chi connectivity index (χ0v) is 11.9. The van der Waals surface area contributed by atoms with Crippen molar-refractivity contribution in [2.45, 2.75) is 3.79 Å². The SMILES string of the molecule is O=C(c1ccc(-c2ccc(O)cc2)cc1)C(Cl)(Cl)Cl. The molecule has 0 aromatic heterocycles. The van der Waals surface area contributed by atoms with Gasteiger partial charge in [0.1, 0.15) is 5.75 Å². The summed E-state index contributed by atoms with van der Waals surface area (Å²) in [4.78, 5) is 11.7. The predicted molar refractivity (Wildman–Crippen MR) is 78.2 cm³/mol. The molecule has 2 aromatic carbocycles. The van der Waals surface area contributed by atoms with Crippen molar-refractivity contribution in [3.8, 4) is 16.9 Å². The Morgan fingerprint density at radius 1 is 0.842 bits per heavy atom. The van der Waals surface area contributed by atoms with Crippen LogP contribution in [0.25, 0.3) is 11.1 Å². The maximum absolute atomic E-state index is 11.7. The maximum atomic E-state index is 11.7. The second kappa shape index (κ2) is 5.41. The van der Waals surface area contributed by atoms with Crippen LogP contribution in [-0.2, 0) is 0 Å². The quantitative estimate of drug-likeness (QED) is 0.649. The van der Waals surface area contributed by atoms with E-state index >= 15 is 0 Å². The van der Waals surface area contributed by atoms with Crippen molar-refractivity contribution in [1.29, 1.82) is 0 Å². The normalized spacial score (nSPS) is 11.3. The molecule has 2 rings (SSSR count). The van der Waals surface area contributed by atoms with Crippen LogP contribution in [0, 0.1) is 0 Å². The van der Waals surface area contributed by atoms with Crippen LogP contribution in [0.1, 0.15) is 10.4 Å². The maximum Gasteiger partial charge on any atom is 0.253 e. The summed E-state index contributed by atoms with van der Waals surface area (Å²) < 4.78 is -1.94. The fraction of sp³-hybridized carbons (Fsp3) is 0.0714. The van der Waals surface area contributed by atoms with Gasteiger partial charge in [-0.1, -0.05) is 71.2 Å². The number of hydrogen-bond donors (Lipinski definition) is 1. The van der Waals surface area contributed by atoms with Crippen LogP contribution in [0.4, 0.5) is 0 Å². The molecule has 5 heteroatoms. The average Bonchev–Trinajstić information content (AvgIpc) is 2.38. The number of benzene rings is 2. The molecule has 2 nitrogen and oxygen atoms in total. The Bertz CT molecular complexity index is 584. The zero-order chi connectivity index (χ0) is 14.0. The molecular weight excluding hydrogens is 307 g/mol. The molecule has 0 radical (unpaired) electrons. The highest BCUT2D eigenvalue weighted by Crippen LogP contribution is 2.31. The summed E-state index contributed by atoms with van der Waals surface area (Å²) in [5, 5.41) is 9.22. The van der Waals surface area contributed by atoms with Crippen LogP contribution < -0.4 is 0 Å². The molecule has 0 heterocycles. The number of Topliss-reactive ketones (excluding diaryl/α,β-unsaturated/α-hetero) is 1. The van der Waals surface area contributed by atoms with Crippen molar-refractivity contribution < 1.29 is 9.90 Å². The fourth-order valence-corrected chi connectivity index (χ4v) is 1.96. The number of carbonyl (C=O) groups excluding carboxylic acids is 1. The van der Waals surface area contributed by atoms with Crippen LogP contribution in [0.3, 0.4) is 0 Å². The van der Waals surface area contributed by atoms with E-state index in [9.17, 15) is 9.90 Å². The van der Waals surface area contributed by atoms with E-state index in [0.717, 1.165) is 11.1 Å². The number of rotatable bonds is 2. The van der Waals surface area contributed by atoms with Crippen molar-refractivity contribution in [1.82, 2.24) is 0 Å². The van der Waals surface area contributed by atoms with Gasteiger partial charge in [0.15, 0.2) is 0 Å². The van der Waals surface area contributed by atoms with Gasteiger partial charge in [-0.3, -0.25) is 4.79 Å². The summed E-state index contributed by atoms with van der Waals surface area (Å²) >= 11 is 16.6. The smallest absolute Gasteiger partial charge is 0.253 e. The first-order valence-electron chi connectivity index (χ1n) is 5.39. The third-order valence-electron chi connectivity index (χ3n) is 2.61. The highest BCUT2D eigenvalue weighted by atomic mass is 35.6. The Kier molecular flexibility index (Phi) is 4.04. The average molecular weight is 316 g/mol. The van der Waals surface area contributed by atoms with Gasteiger partial charge >= 0.3 is 0 Å². The lowest BCUT2D eigenvalue weighted by Crippen LogP contribution is -2.18. The van der Waals surface area contributed by atoms with Crippen molar-refractivity contribution in [3.05, 3.63) is 54.1 Å². The minimum Gasteiger partial charge on any atom is -0.508 e. The second-order valence-corrected chi connectivity index (χ2v) is 6.23. The summed E-state index contributed by atoms with van der Waals surface area (Å²) in [6.45, 7) is 0. The number of phenolic OH excluding ortho intramolecular Hbond substituents is 1. The summed E-state index contributed by atoms with van der Waals surface area (Å²) in [6.07, 6.45) is 0. The molecule has 0 aliphatic heterocycles. The zero-order valence-electron chi connectivity index (χ0n) is 9.61. The molecule has 2 aromatic rings. The number of halogens is 3. The minimum absolute atomic E-state index is 0.201. The van der Waals surface area contributed by atoms with Gasteiger partial charge in [-0.2, -0.15) is 0 Å². The van der Waals surface area contributed by atoms with E-state index in [1.54, 1.807) is 48.5 Å². The van der Waals surface area contributed by atoms with E-state index in [1.807, 2.05) is 0 Å². The Morgan fingerprint density at radius 2 is 1.26 bits per heavy atom. The number of aromatic hydroxyl groups is 1. The van der Waals surface area contributed by atoms with Gasteiger partial charge < -0.3 is 5.11 Å². The molecule has 0 unspecified atom stereocenters. The molecule has 98 valence electrons. The predicted octanol–water partition coefficient (Wildman–Crippen LogP) is 4.61. The van der Waals surface area contributed by atoms with Gasteiger partial charge in [0.05, 0.1) is 0 Å². The first-order valence-corrected chi connectivity index (χ1v) is 6.52. The van der Waals surface area contributed by atoms with Gasteiger partial charge in [-0.15, -0.1) is 0 Å². The topological polar surface area (TPSA) is 37.3 Å². The van der Waals surface area contributed by atoms with Crippen LogP contribution in [0.5, 0.6) is 5.75 Å². The third-order valence-corrected chi connectivity index (χ3v) is 3.12. The molecule has 0 bridgehead atoms. The highest BCUT2D eigenvalue weighted by Gasteiger charge is 2.31. The molecular formula is C14H9Cl3O2. The van der Waals surface area contributed by atoms with Gasteiger partial charge in [0.25, 0.3) is 3.79 Å². The molecule has 0 spiro atoms. The van der Waals surface area contributed by atoms with Crippen molar-refractivity contribution in [3.63, 3.8) is 0 Å². The number of phenols is 1. The summed E-state index contributed by atoms with van der Waals surface area (Å²) in [7, 11) is 0. The number of alkyl halides is 3. The Balaban J connectivity index is 2.28. The van der Waals surface area contributed by atoms with Crippen LogP contribution in [0.15, 0.2) is 48.5 Å². The van der Waals surface area contributed by atoms with Gasteiger partial charge in [-0.05, 0) is 23.3 Å². The Labute approximate surface area is 125 Å². The monoisotopic (exact) mass is 314 g/mol. The second-order valence-electron chi connectivity index (χ2n) is 3.95. The van der Waals surface area contributed by atoms with E-state index in [0.29, 0.717) is 5.56 Å². The summed E-state index contributed by atoms with van der Waals surface area (Å²) in [5.41, 5.74) is 2.16. The van der Waals surface area contributed by atoms with Crippen LogP contribution in [-0.4, -0.2) is 14.7 Å². The largest absolute Gasteiger partial charge is 0.508 e. The van der Waals surface area contributed by atoms with Crippen LogP contribution in [0.2, 0.25) is 0 Å².